The Bertz CT molecular complexity index is 667. The van der Waals surface area contributed by atoms with Crippen molar-refractivity contribution in [3.05, 3.63) is 63.9 Å². The maximum Gasteiger partial charge on any atom is 0.125 e. The Morgan fingerprint density at radius 2 is 2.05 bits per heavy atom. The molecule has 0 atom stereocenters. The van der Waals surface area contributed by atoms with Gasteiger partial charge in [-0.1, -0.05) is 17.7 Å². The zero-order chi connectivity index (χ0) is 14.5. The fourth-order valence-corrected chi connectivity index (χ4v) is 2.34. The Balaban J connectivity index is 2.19. The summed E-state index contributed by atoms with van der Waals surface area (Å²) in [6.07, 6.45) is 0. The second-order valence-corrected chi connectivity index (χ2v) is 4.77. The van der Waals surface area contributed by atoms with Gasteiger partial charge in [0.15, 0.2) is 0 Å². The van der Waals surface area contributed by atoms with Crippen LogP contribution in [0.3, 0.4) is 0 Å². The van der Waals surface area contributed by atoms with Gasteiger partial charge in [-0.3, -0.25) is 0 Å². The van der Waals surface area contributed by atoms with Crippen LogP contribution in [0.15, 0.2) is 36.4 Å². The van der Waals surface area contributed by atoms with Crippen LogP contribution in [0.2, 0.25) is 5.02 Å². The summed E-state index contributed by atoms with van der Waals surface area (Å²) in [4.78, 5) is 0. The van der Waals surface area contributed by atoms with Crippen LogP contribution in [0.1, 0.15) is 16.7 Å². The molecule has 0 amide bonds. The molecule has 2 aromatic carbocycles. The third-order valence-electron chi connectivity index (χ3n) is 2.69. The molecule has 0 heterocycles. The summed E-state index contributed by atoms with van der Waals surface area (Å²) in [5, 5.41) is 9.32. The zero-order valence-corrected chi connectivity index (χ0v) is 11.9. The van der Waals surface area contributed by atoms with Crippen molar-refractivity contribution in [2.24, 2.45) is 0 Å². The molecule has 0 unspecified atom stereocenters. The molecular formula is C15H10Cl2FNO. The minimum atomic E-state index is -0.466. The van der Waals surface area contributed by atoms with Crippen molar-refractivity contribution in [1.82, 2.24) is 0 Å². The Labute approximate surface area is 126 Å². The molecule has 20 heavy (non-hydrogen) atoms. The number of halogens is 3. The van der Waals surface area contributed by atoms with Crippen LogP contribution in [0.4, 0.5) is 4.39 Å². The van der Waals surface area contributed by atoms with Crippen molar-refractivity contribution in [3.63, 3.8) is 0 Å². The lowest BCUT2D eigenvalue weighted by Crippen LogP contribution is -1.99. The number of benzene rings is 2. The van der Waals surface area contributed by atoms with Gasteiger partial charge in [-0.05, 0) is 35.9 Å². The molecule has 0 aliphatic heterocycles. The van der Waals surface area contributed by atoms with Crippen LogP contribution in [0, 0.1) is 17.1 Å². The van der Waals surface area contributed by atoms with Gasteiger partial charge in [0.2, 0.25) is 0 Å². The number of ether oxygens (including phenoxy) is 1. The highest BCUT2D eigenvalue weighted by molar-refractivity contribution is 6.32. The van der Waals surface area contributed by atoms with Crippen LogP contribution in [-0.2, 0) is 12.5 Å². The maximum absolute atomic E-state index is 13.3. The highest BCUT2D eigenvalue weighted by atomic mass is 35.5. The maximum atomic E-state index is 13.3. The zero-order valence-electron chi connectivity index (χ0n) is 10.4. The summed E-state index contributed by atoms with van der Waals surface area (Å²) in [5.74, 6) is 0.309. The van der Waals surface area contributed by atoms with Gasteiger partial charge >= 0.3 is 0 Å². The van der Waals surface area contributed by atoms with Crippen LogP contribution in [0.5, 0.6) is 5.75 Å². The first-order valence-corrected chi connectivity index (χ1v) is 6.71. The smallest absolute Gasteiger partial charge is 0.125 e. The van der Waals surface area contributed by atoms with Crippen LogP contribution < -0.4 is 4.74 Å². The van der Waals surface area contributed by atoms with Crippen molar-refractivity contribution in [2.45, 2.75) is 12.5 Å². The minimum absolute atomic E-state index is 0.136. The Hall–Kier alpha value is -1.76. The highest BCUT2D eigenvalue weighted by Crippen LogP contribution is 2.28. The van der Waals surface area contributed by atoms with E-state index in [0.717, 1.165) is 0 Å². The fraction of sp³-hybridized carbons (Fsp3) is 0.133. The molecule has 2 nitrogen and oxygen atoms in total. The van der Waals surface area contributed by atoms with E-state index in [1.165, 1.54) is 12.1 Å². The first kappa shape index (κ1) is 14.6. The molecular weight excluding hydrogens is 300 g/mol. The van der Waals surface area contributed by atoms with E-state index in [9.17, 15) is 4.39 Å². The second kappa shape index (κ2) is 6.60. The van der Waals surface area contributed by atoms with Crippen LogP contribution >= 0.6 is 23.2 Å². The highest BCUT2D eigenvalue weighted by Gasteiger charge is 2.08. The molecule has 0 N–H and O–H groups in total. The third kappa shape index (κ3) is 3.41. The van der Waals surface area contributed by atoms with Gasteiger partial charge in [0, 0.05) is 10.6 Å². The second-order valence-electron chi connectivity index (χ2n) is 4.10. The number of rotatable bonds is 4. The van der Waals surface area contributed by atoms with Crippen molar-refractivity contribution in [1.29, 1.82) is 5.26 Å². The summed E-state index contributed by atoms with van der Waals surface area (Å²) < 4.78 is 18.9. The number of hydrogen-bond acceptors (Lipinski definition) is 2. The molecule has 0 saturated heterocycles. The molecule has 5 heteroatoms. The SMILES string of the molecule is N#Cc1cc(F)cc(COc2cccc(Cl)c2CCl)c1. The average molecular weight is 310 g/mol. The molecule has 0 aromatic heterocycles. The monoisotopic (exact) mass is 309 g/mol. The van der Waals surface area contributed by atoms with E-state index in [-0.39, 0.29) is 18.1 Å². The normalized spacial score (nSPS) is 10.1. The fourth-order valence-electron chi connectivity index (χ4n) is 1.76. The van der Waals surface area contributed by atoms with Gasteiger partial charge in [0.25, 0.3) is 0 Å². The van der Waals surface area contributed by atoms with Crippen LogP contribution in [0.25, 0.3) is 0 Å². The molecule has 0 radical (unpaired) electrons. The van der Waals surface area contributed by atoms with E-state index in [1.807, 2.05) is 6.07 Å². The molecule has 0 aliphatic carbocycles. The molecule has 2 aromatic rings. The van der Waals surface area contributed by atoms with Gasteiger partial charge < -0.3 is 4.74 Å². The van der Waals surface area contributed by atoms with E-state index in [2.05, 4.69) is 0 Å². The average Bonchev–Trinajstić information content (AvgIpc) is 2.44. The predicted molar refractivity (Wildman–Crippen MR) is 76.5 cm³/mol. The Kier molecular flexibility index (Phi) is 4.84. The molecule has 102 valence electrons. The van der Waals surface area contributed by atoms with E-state index in [4.69, 9.17) is 33.2 Å². The van der Waals surface area contributed by atoms with Crippen molar-refractivity contribution < 1.29 is 9.13 Å². The van der Waals surface area contributed by atoms with Gasteiger partial charge in [-0.25, -0.2) is 4.39 Å². The number of nitriles is 1. The first-order valence-electron chi connectivity index (χ1n) is 5.79. The summed E-state index contributed by atoms with van der Waals surface area (Å²) >= 11 is 11.8. The third-order valence-corrected chi connectivity index (χ3v) is 3.31. The van der Waals surface area contributed by atoms with Gasteiger partial charge in [0.05, 0.1) is 17.5 Å². The summed E-state index contributed by atoms with van der Waals surface area (Å²) in [6.45, 7) is 0.136. The largest absolute Gasteiger partial charge is 0.489 e. The summed E-state index contributed by atoms with van der Waals surface area (Å²) in [5.41, 5.74) is 1.52. The van der Waals surface area contributed by atoms with Crippen LogP contribution in [-0.4, -0.2) is 0 Å². The molecule has 0 spiro atoms. The lowest BCUT2D eigenvalue weighted by Gasteiger charge is -2.11. The molecule has 0 bridgehead atoms. The van der Waals surface area contributed by atoms with Crippen molar-refractivity contribution in [3.8, 4) is 11.8 Å². The van der Waals surface area contributed by atoms with Crippen molar-refractivity contribution in [2.75, 3.05) is 0 Å². The number of alkyl halides is 1. The molecule has 2 rings (SSSR count). The van der Waals surface area contributed by atoms with Gasteiger partial charge in [0.1, 0.15) is 18.2 Å². The number of hydrogen-bond donors (Lipinski definition) is 0. The van der Waals surface area contributed by atoms with Gasteiger partial charge in [-0.2, -0.15) is 5.26 Å². The van der Waals surface area contributed by atoms with Crippen molar-refractivity contribution >= 4 is 23.2 Å². The summed E-state index contributed by atoms with van der Waals surface area (Å²) in [6, 6.07) is 11.2. The Morgan fingerprint density at radius 1 is 1.25 bits per heavy atom. The standard InChI is InChI=1S/C15H10Cl2FNO/c16-7-13-14(17)2-1-3-15(13)20-9-11-4-10(8-19)5-12(18)6-11/h1-6H,7,9H2. The summed E-state index contributed by atoms with van der Waals surface area (Å²) in [7, 11) is 0. The van der Waals surface area contributed by atoms with Gasteiger partial charge in [-0.15, -0.1) is 11.6 Å². The van der Waals surface area contributed by atoms with E-state index in [1.54, 1.807) is 24.3 Å². The number of nitrogens with zero attached hydrogens (tertiary/aromatic N) is 1. The molecule has 0 saturated carbocycles. The topological polar surface area (TPSA) is 33.0 Å². The minimum Gasteiger partial charge on any atom is -0.489 e. The van der Waals surface area contributed by atoms with E-state index in [0.29, 0.717) is 21.9 Å². The lowest BCUT2D eigenvalue weighted by molar-refractivity contribution is 0.303. The first-order chi connectivity index (χ1) is 9.63. The predicted octanol–water partition coefficient (Wildman–Crippen LogP) is 4.67. The van der Waals surface area contributed by atoms with E-state index >= 15 is 0 Å². The Morgan fingerprint density at radius 3 is 2.75 bits per heavy atom. The molecule has 0 fully saturated rings. The quantitative estimate of drug-likeness (QED) is 0.769. The van der Waals surface area contributed by atoms with E-state index < -0.39 is 5.82 Å². The lowest BCUT2D eigenvalue weighted by atomic mass is 10.1. The molecule has 0 aliphatic rings.